The van der Waals surface area contributed by atoms with Crippen LogP contribution in [0.1, 0.15) is 0 Å². The predicted octanol–water partition coefficient (Wildman–Crippen LogP) is 3.30. The van der Waals surface area contributed by atoms with Crippen molar-refractivity contribution >= 4 is 49.5 Å². The van der Waals surface area contributed by atoms with Crippen LogP contribution in [-0.4, -0.2) is 13.5 Å². The number of nitrogens with two attached hydrogens (primary N) is 1. The zero-order valence-corrected chi connectivity index (χ0v) is 14.2. The Hall–Kier alpha value is -2.48. The first-order valence-electron chi connectivity index (χ1n) is 7.12. The van der Waals surface area contributed by atoms with Crippen LogP contribution >= 0.6 is 12.2 Å². The second-order valence-electron chi connectivity index (χ2n) is 5.18. The van der Waals surface area contributed by atoms with E-state index in [4.69, 9.17) is 17.4 Å². The summed E-state index contributed by atoms with van der Waals surface area (Å²) in [6, 6.07) is 20.0. The molecule has 0 amide bonds. The molecule has 0 spiro atoms. The first-order chi connectivity index (χ1) is 11.4. The van der Waals surface area contributed by atoms with Crippen LogP contribution in [0.15, 0.2) is 71.6 Å². The summed E-state index contributed by atoms with van der Waals surface area (Å²) >= 11 is 5.32. The second kappa shape index (κ2) is 6.56. The Morgan fingerprint density at radius 1 is 0.875 bits per heavy atom. The van der Waals surface area contributed by atoms with Crippen molar-refractivity contribution in [2.45, 2.75) is 4.90 Å². The fraction of sp³-hybridized carbons (Fsp3) is 0. The van der Waals surface area contributed by atoms with E-state index >= 15 is 0 Å². The third-order valence-electron chi connectivity index (χ3n) is 3.48. The van der Waals surface area contributed by atoms with Crippen molar-refractivity contribution in [3.63, 3.8) is 0 Å². The molecule has 0 heterocycles. The Morgan fingerprint density at radius 2 is 1.54 bits per heavy atom. The van der Waals surface area contributed by atoms with Gasteiger partial charge in [-0.3, -0.25) is 0 Å². The molecule has 0 bridgehead atoms. The minimum absolute atomic E-state index is 0.0565. The SMILES string of the molecule is NS(=O)(=O)c1ccc(NC(=S)Nc2cccc3ccccc23)cc1. The van der Waals surface area contributed by atoms with Crippen LogP contribution in [0.4, 0.5) is 11.4 Å². The van der Waals surface area contributed by atoms with Crippen LogP contribution < -0.4 is 15.8 Å². The molecule has 0 fully saturated rings. The molecule has 0 saturated heterocycles. The van der Waals surface area contributed by atoms with E-state index in [0.717, 1.165) is 16.5 Å². The lowest BCUT2D eigenvalue weighted by Crippen LogP contribution is -2.19. The Morgan fingerprint density at radius 3 is 2.25 bits per heavy atom. The number of sulfonamides is 1. The number of rotatable bonds is 3. The number of thiocarbonyl (C=S) groups is 1. The zero-order valence-electron chi connectivity index (χ0n) is 12.6. The van der Waals surface area contributed by atoms with Gasteiger partial charge in [0.1, 0.15) is 0 Å². The van der Waals surface area contributed by atoms with Gasteiger partial charge in [-0.2, -0.15) is 0 Å². The molecule has 3 rings (SSSR count). The van der Waals surface area contributed by atoms with Crippen LogP contribution in [0, 0.1) is 0 Å². The lowest BCUT2D eigenvalue weighted by atomic mass is 10.1. The monoisotopic (exact) mass is 357 g/mol. The van der Waals surface area contributed by atoms with E-state index in [9.17, 15) is 8.42 Å². The third kappa shape index (κ3) is 3.70. The molecule has 3 aromatic carbocycles. The number of anilines is 2. The van der Waals surface area contributed by atoms with Gasteiger partial charge in [0.05, 0.1) is 4.90 Å². The van der Waals surface area contributed by atoms with Gasteiger partial charge in [-0.05, 0) is 47.9 Å². The van der Waals surface area contributed by atoms with Crippen molar-refractivity contribution in [1.82, 2.24) is 0 Å². The van der Waals surface area contributed by atoms with Gasteiger partial charge in [0, 0.05) is 16.8 Å². The van der Waals surface area contributed by atoms with E-state index in [-0.39, 0.29) is 4.90 Å². The van der Waals surface area contributed by atoms with Gasteiger partial charge < -0.3 is 10.6 Å². The molecule has 4 N–H and O–H groups in total. The van der Waals surface area contributed by atoms with Crippen LogP contribution in [0.25, 0.3) is 10.8 Å². The highest BCUT2D eigenvalue weighted by molar-refractivity contribution is 7.89. The van der Waals surface area contributed by atoms with E-state index in [1.54, 1.807) is 12.1 Å². The number of benzene rings is 3. The Balaban J connectivity index is 1.76. The maximum atomic E-state index is 11.3. The molecular formula is C17H15N3O2S2. The molecular weight excluding hydrogens is 342 g/mol. The minimum atomic E-state index is -3.70. The van der Waals surface area contributed by atoms with E-state index in [1.807, 2.05) is 42.5 Å². The van der Waals surface area contributed by atoms with Gasteiger partial charge in [-0.25, -0.2) is 13.6 Å². The Bertz CT molecular complexity index is 995. The highest BCUT2D eigenvalue weighted by atomic mass is 32.2. The molecule has 3 aromatic rings. The molecule has 0 aliphatic heterocycles. The summed E-state index contributed by atoms with van der Waals surface area (Å²) in [5.74, 6) is 0. The van der Waals surface area contributed by atoms with Gasteiger partial charge in [0.2, 0.25) is 10.0 Å². The standard InChI is InChI=1S/C17H15N3O2S2/c18-24(21,22)14-10-8-13(9-11-14)19-17(23)20-16-7-3-5-12-4-1-2-6-15(12)16/h1-11H,(H2,18,21,22)(H2,19,20,23). The molecule has 24 heavy (non-hydrogen) atoms. The summed E-state index contributed by atoms with van der Waals surface area (Å²) in [7, 11) is -3.70. The lowest BCUT2D eigenvalue weighted by Gasteiger charge is -2.13. The lowest BCUT2D eigenvalue weighted by molar-refractivity contribution is 0.598. The van der Waals surface area contributed by atoms with Gasteiger partial charge in [-0.15, -0.1) is 0 Å². The van der Waals surface area contributed by atoms with Gasteiger partial charge in [0.25, 0.3) is 0 Å². The smallest absolute Gasteiger partial charge is 0.238 e. The Kier molecular flexibility index (Phi) is 4.48. The average molecular weight is 357 g/mol. The molecule has 5 nitrogen and oxygen atoms in total. The average Bonchev–Trinajstić information content (AvgIpc) is 2.55. The molecule has 0 unspecified atom stereocenters. The molecule has 0 saturated carbocycles. The van der Waals surface area contributed by atoms with Crippen molar-refractivity contribution in [3.8, 4) is 0 Å². The number of nitrogens with one attached hydrogen (secondary N) is 2. The van der Waals surface area contributed by atoms with Crippen molar-refractivity contribution in [2.75, 3.05) is 10.6 Å². The van der Waals surface area contributed by atoms with Crippen molar-refractivity contribution < 1.29 is 8.42 Å². The summed E-state index contributed by atoms with van der Waals surface area (Å²) < 4.78 is 22.5. The molecule has 0 aliphatic carbocycles. The Labute approximate surface area is 145 Å². The second-order valence-corrected chi connectivity index (χ2v) is 7.14. The maximum absolute atomic E-state index is 11.3. The largest absolute Gasteiger partial charge is 0.332 e. The van der Waals surface area contributed by atoms with Crippen molar-refractivity contribution in [2.24, 2.45) is 5.14 Å². The number of primary sulfonamides is 1. The quantitative estimate of drug-likeness (QED) is 0.627. The molecule has 0 aliphatic rings. The van der Waals surface area contributed by atoms with Crippen molar-refractivity contribution in [1.29, 1.82) is 0 Å². The fourth-order valence-electron chi connectivity index (χ4n) is 2.35. The summed E-state index contributed by atoms with van der Waals surface area (Å²) in [6.45, 7) is 0. The topological polar surface area (TPSA) is 84.2 Å². The van der Waals surface area contributed by atoms with E-state index < -0.39 is 10.0 Å². The maximum Gasteiger partial charge on any atom is 0.238 e. The summed E-state index contributed by atoms with van der Waals surface area (Å²) in [5.41, 5.74) is 1.56. The van der Waals surface area contributed by atoms with Crippen LogP contribution in [0.3, 0.4) is 0 Å². The summed E-state index contributed by atoms with van der Waals surface area (Å²) in [5, 5.41) is 13.8. The third-order valence-corrected chi connectivity index (χ3v) is 4.61. The van der Waals surface area contributed by atoms with Crippen LogP contribution in [0.2, 0.25) is 0 Å². The molecule has 7 heteroatoms. The van der Waals surface area contributed by atoms with Gasteiger partial charge in [-0.1, -0.05) is 36.4 Å². The van der Waals surface area contributed by atoms with Crippen LogP contribution in [-0.2, 0) is 10.0 Å². The molecule has 0 radical (unpaired) electrons. The first kappa shape index (κ1) is 16.4. The van der Waals surface area contributed by atoms with E-state index in [0.29, 0.717) is 10.8 Å². The summed E-state index contributed by atoms with van der Waals surface area (Å²) in [4.78, 5) is 0.0565. The summed E-state index contributed by atoms with van der Waals surface area (Å²) in [6.07, 6.45) is 0. The highest BCUT2D eigenvalue weighted by Crippen LogP contribution is 2.23. The van der Waals surface area contributed by atoms with E-state index in [2.05, 4.69) is 10.6 Å². The van der Waals surface area contributed by atoms with Crippen LogP contribution in [0.5, 0.6) is 0 Å². The zero-order chi connectivity index (χ0) is 17.2. The molecule has 122 valence electrons. The van der Waals surface area contributed by atoms with E-state index in [1.165, 1.54) is 12.1 Å². The highest BCUT2D eigenvalue weighted by Gasteiger charge is 2.07. The van der Waals surface area contributed by atoms with Gasteiger partial charge >= 0.3 is 0 Å². The normalized spacial score (nSPS) is 11.2. The molecule has 0 aromatic heterocycles. The van der Waals surface area contributed by atoms with Crippen molar-refractivity contribution in [3.05, 3.63) is 66.7 Å². The number of fused-ring (bicyclic) bond motifs is 1. The minimum Gasteiger partial charge on any atom is -0.332 e. The predicted molar refractivity (Wildman–Crippen MR) is 102 cm³/mol. The van der Waals surface area contributed by atoms with Gasteiger partial charge in [0.15, 0.2) is 5.11 Å². The fourth-order valence-corrected chi connectivity index (χ4v) is 3.09. The number of hydrogen-bond donors (Lipinski definition) is 3. The first-order valence-corrected chi connectivity index (χ1v) is 9.07. The number of hydrogen-bond acceptors (Lipinski definition) is 3. The molecule has 0 atom stereocenters.